The average molecular weight is 329 g/mol. The Morgan fingerprint density at radius 1 is 1.04 bits per heavy atom. The molecular weight excluding hydrogens is 309 g/mol. The first kappa shape index (κ1) is 17.6. The summed E-state index contributed by atoms with van der Waals surface area (Å²) in [4.78, 5) is 24.1. The lowest BCUT2D eigenvalue weighted by Crippen LogP contribution is -2.17. The van der Waals surface area contributed by atoms with Crippen molar-refractivity contribution in [2.24, 2.45) is 5.73 Å². The Labute approximate surface area is 140 Å². The van der Waals surface area contributed by atoms with E-state index < -0.39 is 5.82 Å². The molecule has 24 heavy (non-hydrogen) atoms. The number of amides is 2. The maximum atomic E-state index is 13.5. The molecule has 0 saturated carbocycles. The van der Waals surface area contributed by atoms with Crippen LogP contribution in [0.2, 0.25) is 0 Å². The van der Waals surface area contributed by atoms with E-state index in [1.807, 2.05) is 19.1 Å². The third kappa shape index (κ3) is 4.89. The fourth-order valence-electron chi connectivity index (χ4n) is 2.10. The smallest absolute Gasteiger partial charge is 0.255 e. The van der Waals surface area contributed by atoms with Crippen molar-refractivity contribution in [3.05, 3.63) is 59.4 Å². The second-order valence-electron chi connectivity index (χ2n) is 5.45. The van der Waals surface area contributed by atoms with E-state index in [9.17, 15) is 14.0 Å². The first-order chi connectivity index (χ1) is 11.5. The summed E-state index contributed by atoms with van der Waals surface area (Å²) in [7, 11) is 0. The van der Waals surface area contributed by atoms with Gasteiger partial charge in [-0.2, -0.15) is 0 Å². The fraction of sp³-hybridized carbons (Fsp3) is 0.222. The number of aryl methyl sites for hydroxylation is 1. The summed E-state index contributed by atoms with van der Waals surface area (Å²) in [5, 5.41) is 5.29. The average Bonchev–Trinajstić information content (AvgIpc) is 2.56. The predicted molar refractivity (Wildman–Crippen MR) is 92.5 cm³/mol. The molecule has 0 aromatic heterocycles. The van der Waals surface area contributed by atoms with Crippen molar-refractivity contribution in [2.75, 3.05) is 17.2 Å². The van der Waals surface area contributed by atoms with Crippen LogP contribution >= 0.6 is 0 Å². The zero-order chi connectivity index (χ0) is 17.5. The molecular formula is C18H20FN3O2. The molecule has 0 spiro atoms. The van der Waals surface area contributed by atoms with Crippen LogP contribution in [-0.4, -0.2) is 18.4 Å². The third-order valence-electron chi connectivity index (χ3n) is 3.43. The van der Waals surface area contributed by atoms with Crippen LogP contribution in [0.5, 0.6) is 0 Å². The lowest BCUT2D eigenvalue weighted by atomic mass is 10.1. The number of nitrogens with two attached hydrogens (primary N) is 1. The van der Waals surface area contributed by atoms with Gasteiger partial charge in [-0.15, -0.1) is 0 Å². The highest BCUT2D eigenvalue weighted by atomic mass is 19.1. The van der Waals surface area contributed by atoms with Crippen molar-refractivity contribution in [1.82, 2.24) is 0 Å². The lowest BCUT2D eigenvalue weighted by molar-refractivity contribution is -0.116. The minimum absolute atomic E-state index is 0.220. The van der Waals surface area contributed by atoms with E-state index in [4.69, 9.17) is 5.73 Å². The van der Waals surface area contributed by atoms with Gasteiger partial charge in [0.2, 0.25) is 5.91 Å². The van der Waals surface area contributed by atoms with Crippen LogP contribution in [0.15, 0.2) is 42.5 Å². The number of anilines is 2. The second-order valence-corrected chi connectivity index (χ2v) is 5.45. The normalized spacial score (nSPS) is 10.3. The molecule has 5 nitrogen and oxygen atoms in total. The van der Waals surface area contributed by atoms with Crippen molar-refractivity contribution in [3.63, 3.8) is 0 Å². The maximum Gasteiger partial charge on any atom is 0.255 e. The number of nitrogens with one attached hydrogen (secondary N) is 2. The van der Waals surface area contributed by atoms with E-state index in [1.54, 1.807) is 12.1 Å². The molecule has 2 rings (SSSR count). The van der Waals surface area contributed by atoms with Crippen LogP contribution in [0.1, 0.15) is 28.8 Å². The molecule has 0 radical (unpaired) electrons. The standard InChI is InChI=1S/C18H20FN3O2/c1-12-4-6-13(7-5-12)18(24)22-15-9-8-14(19)11-16(15)21-17(23)3-2-10-20/h4-9,11H,2-3,10,20H2,1H3,(H,21,23)(H,22,24). The molecule has 4 N–H and O–H groups in total. The maximum absolute atomic E-state index is 13.5. The van der Waals surface area contributed by atoms with E-state index in [0.717, 1.165) is 5.56 Å². The Bertz CT molecular complexity index is 730. The SMILES string of the molecule is Cc1ccc(C(=O)Nc2ccc(F)cc2NC(=O)CCCN)cc1. The van der Waals surface area contributed by atoms with E-state index in [2.05, 4.69) is 10.6 Å². The van der Waals surface area contributed by atoms with Crippen LogP contribution < -0.4 is 16.4 Å². The Morgan fingerprint density at radius 2 is 1.75 bits per heavy atom. The van der Waals surface area contributed by atoms with Gasteiger partial charge < -0.3 is 16.4 Å². The largest absolute Gasteiger partial charge is 0.330 e. The number of carbonyl (C=O) groups excluding carboxylic acids is 2. The number of hydrogen-bond acceptors (Lipinski definition) is 3. The van der Waals surface area contributed by atoms with Gasteiger partial charge in [0.15, 0.2) is 0 Å². The van der Waals surface area contributed by atoms with E-state index >= 15 is 0 Å². The lowest BCUT2D eigenvalue weighted by Gasteiger charge is -2.13. The summed E-state index contributed by atoms with van der Waals surface area (Å²) in [6, 6.07) is 10.9. The molecule has 0 saturated heterocycles. The minimum Gasteiger partial charge on any atom is -0.330 e. The quantitative estimate of drug-likeness (QED) is 0.761. The summed E-state index contributed by atoms with van der Waals surface area (Å²) in [5.41, 5.74) is 7.44. The monoisotopic (exact) mass is 329 g/mol. The molecule has 2 amide bonds. The summed E-state index contributed by atoms with van der Waals surface area (Å²) in [6.07, 6.45) is 0.768. The molecule has 2 aromatic rings. The summed E-state index contributed by atoms with van der Waals surface area (Å²) in [5.74, 6) is -1.12. The topological polar surface area (TPSA) is 84.2 Å². The van der Waals surface area contributed by atoms with Crippen molar-refractivity contribution < 1.29 is 14.0 Å². The Balaban J connectivity index is 2.15. The molecule has 0 heterocycles. The molecule has 0 aliphatic rings. The summed E-state index contributed by atoms with van der Waals surface area (Å²) in [6.45, 7) is 2.32. The van der Waals surface area contributed by atoms with E-state index in [1.165, 1.54) is 18.2 Å². The van der Waals surface area contributed by atoms with Crippen LogP contribution in [0, 0.1) is 12.7 Å². The van der Waals surface area contributed by atoms with E-state index in [0.29, 0.717) is 24.2 Å². The molecule has 0 unspecified atom stereocenters. The van der Waals surface area contributed by atoms with Gasteiger partial charge in [-0.3, -0.25) is 9.59 Å². The molecule has 0 bridgehead atoms. The Hall–Kier alpha value is -2.73. The van der Waals surface area contributed by atoms with Gasteiger partial charge in [0, 0.05) is 12.0 Å². The Morgan fingerprint density at radius 3 is 2.42 bits per heavy atom. The highest BCUT2D eigenvalue weighted by Gasteiger charge is 2.12. The highest BCUT2D eigenvalue weighted by molar-refractivity contribution is 6.07. The van der Waals surface area contributed by atoms with Gasteiger partial charge in [-0.05, 0) is 50.2 Å². The van der Waals surface area contributed by atoms with E-state index in [-0.39, 0.29) is 23.9 Å². The second kappa shape index (κ2) is 8.21. The van der Waals surface area contributed by atoms with Crippen LogP contribution in [0.25, 0.3) is 0 Å². The Kier molecular flexibility index (Phi) is 6.03. The molecule has 0 atom stereocenters. The van der Waals surface area contributed by atoms with Gasteiger partial charge in [0.1, 0.15) is 5.82 Å². The van der Waals surface area contributed by atoms with Crippen molar-refractivity contribution in [3.8, 4) is 0 Å². The number of benzene rings is 2. The zero-order valence-corrected chi connectivity index (χ0v) is 13.4. The van der Waals surface area contributed by atoms with Crippen LogP contribution in [-0.2, 0) is 4.79 Å². The van der Waals surface area contributed by atoms with Crippen LogP contribution in [0.4, 0.5) is 15.8 Å². The summed E-state index contributed by atoms with van der Waals surface area (Å²) < 4.78 is 13.5. The van der Waals surface area contributed by atoms with Crippen molar-refractivity contribution in [1.29, 1.82) is 0 Å². The first-order valence-electron chi connectivity index (χ1n) is 7.67. The molecule has 126 valence electrons. The minimum atomic E-state index is -0.502. The fourth-order valence-corrected chi connectivity index (χ4v) is 2.10. The first-order valence-corrected chi connectivity index (χ1v) is 7.67. The van der Waals surface area contributed by atoms with Crippen molar-refractivity contribution in [2.45, 2.75) is 19.8 Å². The molecule has 2 aromatic carbocycles. The molecule has 0 fully saturated rings. The third-order valence-corrected chi connectivity index (χ3v) is 3.43. The molecule has 0 aliphatic heterocycles. The van der Waals surface area contributed by atoms with Gasteiger partial charge in [-0.25, -0.2) is 4.39 Å². The van der Waals surface area contributed by atoms with Gasteiger partial charge >= 0.3 is 0 Å². The number of carbonyl (C=O) groups is 2. The summed E-state index contributed by atoms with van der Waals surface area (Å²) >= 11 is 0. The number of rotatable bonds is 6. The van der Waals surface area contributed by atoms with Gasteiger partial charge in [0.25, 0.3) is 5.91 Å². The molecule has 6 heteroatoms. The highest BCUT2D eigenvalue weighted by Crippen LogP contribution is 2.24. The zero-order valence-electron chi connectivity index (χ0n) is 13.4. The molecule has 0 aliphatic carbocycles. The number of halogens is 1. The van der Waals surface area contributed by atoms with Gasteiger partial charge in [0.05, 0.1) is 11.4 Å². The predicted octanol–water partition coefficient (Wildman–Crippen LogP) is 3.06. The van der Waals surface area contributed by atoms with Crippen molar-refractivity contribution >= 4 is 23.2 Å². The van der Waals surface area contributed by atoms with Gasteiger partial charge in [-0.1, -0.05) is 17.7 Å². The number of hydrogen-bond donors (Lipinski definition) is 3. The van der Waals surface area contributed by atoms with Crippen LogP contribution in [0.3, 0.4) is 0 Å².